The van der Waals surface area contributed by atoms with Gasteiger partial charge in [0.25, 0.3) is 0 Å². The smallest absolute Gasteiger partial charge is 0.232 e. The van der Waals surface area contributed by atoms with Crippen molar-refractivity contribution in [2.75, 3.05) is 58.4 Å². The molecule has 3 rings (SSSR count). The monoisotopic (exact) mass is 293 g/mol. The van der Waals surface area contributed by atoms with E-state index in [4.69, 9.17) is 9.47 Å². The Bertz CT molecular complexity index is 448. The van der Waals surface area contributed by atoms with Crippen LogP contribution in [0.2, 0.25) is 0 Å². The van der Waals surface area contributed by atoms with Crippen LogP contribution in [0.15, 0.2) is 6.07 Å². The highest BCUT2D eigenvalue weighted by Gasteiger charge is 2.27. The quantitative estimate of drug-likeness (QED) is 0.837. The predicted molar refractivity (Wildman–Crippen MR) is 80.2 cm³/mol. The Hall–Kier alpha value is -1.60. The number of anilines is 1. The Morgan fingerprint density at radius 3 is 2.29 bits per heavy atom. The summed E-state index contributed by atoms with van der Waals surface area (Å²) in [6.07, 6.45) is 1.25. The molecule has 7 nitrogen and oxygen atoms in total. The fourth-order valence-corrected chi connectivity index (χ4v) is 2.98. The number of nitrogens with zero attached hydrogens (tertiary/aromatic N) is 4. The average Bonchev–Trinajstić information content (AvgIpc) is 3.09. The van der Waals surface area contributed by atoms with Gasteiger partial charge in [-0.05, 0) is 13.0 Å². The zero-order valence-electron chi connectivity index (χ0n) is 12.7. The third kappa shape index (κ3) is 3.19. The van der Waals surface area contributed by atoms with E-state index in [1.807, 2.05) is 0 Å². The zero-order chi connectivity index (χ0) is 14.7. The molecule has 0 bridgehead atoms. The summed E-state index contributed by atoms with van der Waals surface area (Å²) >= 11 is 0. The molecular weight excluding hydrogens is 270 g/mol. The molecular formula is C14H23N5O2. The Labute approximate surface area is 125 Å². The van der Waals surface area contributed by atoms with E-state index in [1.165, 1.54) is 6.42 Å². The van der Waals surface area contributed by atoms with E-state index in [0.29, 0.717) is 23.8 Å². The molecule has 2 aliphatic rings. The van der Waals surface area contributed by atoms with E-state index in [2.05, 4.69) is 25.1 Å². The highest BCUT2D eigenvalue weighted by molar-refractivity contribution is 5.37. The molecule has 1 aromatic rings. The number of rotatable bonds is 4. The van der Waals surface area contributed by atoms with Gasteiger partial charge in [0.15, 0.2) is 0 Å². The van der Waals surface area contributed by atoms with Crippen molar-refractivity contribution in [3.63, 3.8) is 0 Å². The standard InChI is InChI=1S/C14H23N5O2/c1-20-12-9-13(21-2)17-14(16-12)19-7-5-18(6-8-19)11-3-4-15-10-11/h9,11,15H,3-8,10H2,1-2H3. The molecule has 1 atom stereocenters. The SMILES string of the molecule is COc1cc(OC)nc(N2CCN(C3CCNC3)CC2)n1. The van der Waals surface area contributed by atoms with Crippen molar-refractivity contribution in [2.24, 2.45) is 0 Å². The van der Waals surface area contributed by atoms with Gasteiger partial charge in [-0.1, -0.05) is 0 Å². The fourth-order valence-electron chi connectivity index (χ4n) is 2.98. The normalized spacial score (nSPS) is 23.3. The first-order valence-electron chi connectivity index (χ1n) is 7.47. The van der Waals surface area contributed by atoms with Crippen molar-refractivity contribution < 1.29 is 9.47 Å². The van der Waals surface area contributed by atoms with Crippen LogP contribution in [0.5, 0.6) is 11.8 Å². The van der Waals surface area contributed by atoms with Crippen LogP contribution in [0, 0.1) is 0 Å². The van der Waals surface area contributed by atoms with Gasteiger partial charge in [0, 0.05) is 38.8 Å². The second kappa shape index (κ2) is 6.44. The van der Waals surface area contributed by atoms with Gasteiger partial charge in [-0.15, -0.1) is 0 Å². The Balaban J connectivity index is 1.65. The molecule has 0 spiro atoms. The maximum atomic E-state index is 5.21. The molecule has 2 aliphatic heterocycles. The molecule has 1 unspecified atom stereocenters. The van der Waals surface area contributed by atoms with E-state index < -0.39 is 0 Å². The minimum Gasteiger partial charge on any atom is -0.481 e. The molecule has 0 aromatic carbocycles. The predicted octanol–water partition coefficient (Wildman–Crippen LogP) is -0.0223. The molecule has 1 N–H and O–H groups in total. The van der Waals surface area contributed by atoms with Crippen LogP contribution in [0.3, 0.4) is 0 Å². The number of nitrogens with one attached hydrogen (secondary N) is 1. The lowest BCUT2D eigenvalue weighted by Crippen LogP contribution is -2.51. The maximum Gasteiger partial charge on any atom is 0.232 e. The van der Waals surface area contributed by atoms with Crippen LogP contribution in [-0.4, -0.2) is 74.4 Å². The third-order valence-electron chi connectivity index (χ3n) is 4.23. The third-order valence-corrected chi connectivity index (χ3v) is 4.23. The van der Waals surface area contributed by atoms with E-state index in [-0.39, 0.29) is 0 Å². The van der Waals surface area contributed by atoms with Gasteiger partial charge in [0.05, 0.1) is 20.3 Å². The fraction of sp³-hybridized carbons (Fsp3) is 0.714. The minimum atomic E-state index is 0.541. The van der Waals surface area contributed by atoms with Crippen LogP contribution in [0.1, 0.15) is 6.42 Å². The number of hydrogen-bond acceptors (Lipinski definition) is 7. The summed E-state index contributed by atoms with van der Waals surface area (Å²) < 4.78 is 10.4. The molecule has 0 amide bonds. The van der Waals surface area contributed by atoms with Gasteiger partial charge in [-0.2, -0.15) is 9.97 Å². The summed E-state index contributed by atoms with van der Waals surface area (Å²) in [5.41, 5.74) is 0. The maximum absolute atomic E-state index is 5.21. The lowest BCUT2D eigenvalue weighted by atomic mass is 10.2. The van der Waals surface area contributed by atoms with Gasteiger partial charge in [0.1, 0.15) is 0 Å². The van der Waals surface area contributed by atoms with E-state index in [1.54, 1.807) is 20.3 Å². The molecule has 7 heteroatoms. The summed E-state index contributed by atoms with van der Waals surface area (Å²) in [7, 11) is 3.22. The first-order chi connectivity index (χ1) is 10.3. The first-order valence-corrected chi connectivity index (χ1v) is 7.47. The van der Waals surface area contributed by atoms with Gasteiger partial charge < -0.3 is 19.7 Å². The minimum absolute atomic E-state index is 0.541. The van der Waals surface area contributed by atoms with E-state index in [0.717, 1.165) is 39.3 Å². The average molecular weight is 293 g/mol. The number of hydrogen-bond donors (Lipinski definition) is 1. The van der Waals surface area contributed by atoms with Gasteiger partial charge >= 0.3 is 0 Å². The summed E-state index contributed by atoms with van der Waals surface area (Å²) in [4.78, 5) is 13.6. The van der Waals surface area contributed by atoms with Crippen molar-refractivity contribution in [1.29, 1.82) is 0 Å². The van der Waals surface area contributed by atoms with E-state index >= 15 is 0 Å². The molecule has 21 heavy (non-hydrogen) atoms. The first kappa shape index (κ1) is 14.3. The zero-order valence-corrected chi connectivity index (χ0v) is 12.7. The van der Waals surface area contributed by atoms with Crippen molar-refractivity contribution in [1.82, 2.24) is 20.2 Å². The second-order valence-electron chi connectivity index (χ2n) is 5.42. The number of piperazine rings is 1. The topological polar surface area (TPSA) is 62.8 Å². The highest BCUT2D eigenvalue weighted by atomic mass is 16.5. The summed E-state index contributed by atoms with van der Waals surface area (Å²) in [5, 5.41) is 3.43. The molecule has 116 valence electrons. The molecule has 2 fully saturated rings. The van der Waals surface area contributed by atoms with E-state index in [9.17, 15) is 0 Å². The highest BCUT2D eigenvalue weighted by Crippen LogP contribution is 2.22. The van der Waals surface area contributed by atoms with Crippen LogP contribution >= 0.6 is 0 Å². The number of methoxy groups -OCH3 is 2. The van der Waals surface area contributed by atoms with Crippen LogP contribution in [0.25, 0.3) is 0 Å². The largest absolute Gasteiger partial charge is 0.481 e. The molecule has 2 saturated heterocycles. The van der Waals surface area contributed by atoms with Crippen LogP contribution in [-0.2, 0) is 0 Å². The molecule has 0 aliphatic carbocycles. The van der Waals surface area contributed by atoms with Gasteiger partial charge in [0.2, 0.25) is 17.7 Å². The Morgan fingerprint density at radius 2 is 1.76 bits per heavy atom. The number of ether oxygens (including phenoxy) is 2. The summed E-state index contributed by atoms with van der Waals surface area (Å²) in [5.74, 6) is 1.77. The van der Waals surface area contributed by atoms with Crippen molar-refractivity contribution in [3.05, 3.63) is 6.07 Å². The van der Waals surface area contributed by atoms with Gasteiger partial charge in [-0.3, -0.25) is 4.90 Å². The van der Waals surface area contributed by atoms with Crippen molar-refractivity contribution in [2.45, 2.75) is 12.5 Å². The molecule has 1 aromatic heterocycles. The lowest BCUT2D eigenvalue weighted by Gasteiger charge is -2.37. The summed E-state index contributed by atoms with van der Waals surface area (Å²) in [6.45, 7) is 6.23. The van der Waals surface area contributed by atoms with Crippen molar-refractivity contribution in [3.8, 4) is 11.8 Å². The Morgan fingerprint density at radius 1 is 1.10 bits per heavy atom. The molecule has 0 saturated carbocycles. The second-order valence-corrected chi connectivity index (χ2v) is 5.42. The molecule has 3 heterocycles. The van der Waals surface area contributed by atoms with Crippen molar-refractivity contribution >= 4 is 5.95 Å². The lowest BCUT2D eigenvalue weighted by molar-refractivity contribution is 0.195. The summed E-state index contributed by atoms with van der Waals surface area (Å²) in [6, 6.07) is 2.39. The number of aromatic nitrogens is 2. The Kier molecular flexibility index (Phi) is 4.40. The molecule has 0 radical (unpaired) electrons. The van der Waals surface area contributed by atoms with Crippen LogP contribution < -0.4 is 19.7 Å². The van der Waals surface area contributed by atoms with Gasteiger partial charge in [-0.25, -0.2) is 0 Å². The van der Waals surface area contributed by atoms with Crippen LogP contribution in [0.4, 0.5) is 5.95 Å².